The van der Waals surface area contributed by atoms with Crippen molar-refractivity contribution in [1.29, 1.82) is 0 Å². The van der Waals surface area contributed by atoms with Crippen molar-refractivity contribution < 1.29 is 4.79 Å². The van der Waals surface area contributed by atoms with E-state index in [-0.39, 0.29) is 5.78 Å². The quantitative estimate of drug-likeness (QED) is 0.213. The third kappa shape index (κ3) is 5.01. The number of carbonyl (C=O) groups is 1. The fourth-order valence-corrected chi connectivity index (χ4v) is 0.860. The maximum absolute atomic E-state index is 11.0. The van der Waals surface area contributed by atoms with E-state index in [1.807, 2.05) is 0 Å². The number of hydrogen-bond donors (Lipinski definition) is 2. The highest BCUT2D eigenvalue weighted by Gasteiger charge is 2.09. The normalized spacial score (nSPS) is 11.8. The summed E-state index contributed by atoms with van der Waals surface area (Å²) in [5, 5.41) is 3.30. The van der Waals surface area contributed by atoms with Crippen LogP contribution >= 0.6 is 12.6 Å². The summed E-state index contributed by atoms with van der Waals surface area (Å²) >= 11 is 3.89. The summed E-state index contributed by atoms with van der Waals surface area (Å²) < 4.78 is 0. The maximum Gasteiger partial charge on any atom is 0.150 e. The van der Waals surface area contributed by atoms with Crippen LogP contribution in [0.5, 0.6) is 0 Å². The molecule has 0 rings (SSSR count). The first-order chi connectivity index (χ1) is 5.72. The molecule has 0 fully saturated rings. The largest absolute Gasteiger partial charge is 0.321 e. The van der Waals surface area contributed by atoms with E-state index in [4.69, 9.17) is 11.3 Å². The summed E-state index contributed by atoms with van der Waals surface area (Å²) in [6.45, 7) is 0.349. The van der Waals surface area contributed by atoms with Gasteiger partial charge in [-0.25, -0.2) is 0 Å². The van der Waals surface area contributed by atoms with Crippen LogP contribution in [0.1, 0.15) is 12.8 Å². The average molecular weight is 188 g/mol. The Kier molecular flexibility index (Phi) is 6.55. The van der Waals surface area contributed by atoms with Crippen molar-refractivity contribution in [1.82, 2.24) is 0 Å². The summed E-state index contributed by atoms with van der Waals surface area (Å²) in [7, 11) is 0. The molecule has 0 heterocycles. The molecule has 5 nitrogen and oxygen atoms in total. The van der Waals surface area contributed by atoms with Gasteiger partial charge in [-0.15, -0.1) is 0 Å². The van der Waals surface area contributed by atoms with Gasteiger partial charge < -0.3 is 5.73 Å². The van der Waals surface area contributed by atoms with E-state index in [0.717, 1.165) is 0 Å². The summed E-state index contributed by atoms with van der Waals surface area (Å²) in [6, 6.07) is -0.487. The van der Waals surface area contributed by atoms with Crippen LogP contribution in [0, 0.1) is 0 Å². The summed E-state index contributed by atoms with van der Waals surface area (Å²) in [4.78, 5) is 13.6. The average Bonchev–Trinajstić information content (AvgIpc) is 2.10. The molecule has 0 aromatic carbocycles. The molecule has 0 aliphatic heterocycles. The molecule has 68 valence electrons. The first-order valence-corrected chi connectivity index (χ1v) is 4.25. The highest BCUT2D eigenvalue weighted by molar-refractivity contribution is 7.80. The fourth-order valence-electron chi connectivity index (χ4n) is 0.656. The number of nitrogens with two attached hydrogens (primary N) is 1. The molecule has 0 aromatic heterocycles. The number of ketones is 1. The van der Waals surface area contributed by atoms with Gasteiger partial charge >= 0.3 is 0 Å². The van der Waals surface area contributed by atoms with Crippen LogP contribution in [0.3, 0.4) is 0 Å². The van der Waals surface area contributed by atoms with Crippen molar-refractivity contribution in [3.05, 3.63) is 10.4 Å². The van der Waals surface area contributed by atoms with Crippen LogP contribution < -0.4 is 5.73 Å². The van der Waals surface area contributed by atoms with E-state index in [1.165, 1.54) is 0 Å². The van der Waals surface area contributed by atoms with Crippen molar-refractivity contribution >= 4 is 18.4 Å². The fraction of sp³-hybridized carbons (Fsp3) is 0.833. The third-order valence-electron chi connectivity index (χ3n) is 1.35. The third-order valence-corrected chi connectivity index (χ3v) is 1.75. The standard InChI is InChI=1S/C6H12N4OS/c7-5(4-12)6(11)2-1-3-9-10-8/h5,12H,1-4,7H2/t5-/m0/s1. The molecule has 0 bridgehead atoms. The van der Waals surface area contributed by atoms with E-state index >= 15 is 0 Å². The minimum atomic E-state index is -0.487. The highest BCUT2D eigenvalue weighted by atomic mass is 32.1. The van der Waals surface area contributed by atoms with E-state index in [1.54, 1.807) is 0 Å². The molecule has 0 spiro atoms. The van der Waals surface area contributed by atoms with Gasteiger partial charge in [-0.2, -0.15) is 12.6 Å². The van der Waals surface area contributed by atoms with Gasteiger partial charge in [-0.1, -0.05) is 5.11 Å². The van der Waals surface area contributed by atoms with Gasteiger partial charge in [-0.05, 0) is 12.0 Å². The second-order valence-electron chi connectivity index (χ2n) is 2.31. The predicted molar refractivity (Wildman–Crippen MR) is 50.1 cm³/mol. The number of Topliss-reactive ketones (excluding diaryl/α,β-unsaturated/α-hetero) is 1. The smallest absolute Gasteiger partial charge is 0.150 e. The Bertz CT molecular complexity index is 190. The zero-order valence-corrected chi connectivity index (χ0v) is 7.57. The summed E-state index contributed by atoms with van der Waals surface area (Å²) in [6.07, 6.45) is 0.922. The first-order valence-electron chi connectivity index (χ1n) is 3.62. The van der Waals surface area contributed by atoms with Crippen LogP contribution in [-0.2, 0) is 4.79 Å². The Morgan fingerprint density at radius 2 is 2.42 bits per heavy atom. The number of carbonyl (C=O) groups excluding carboxylic acids is 1. The molecule has 0 radical (unpaired) electrons. The van der Waals surface area contributed by atoms with Crippen molar-refractivity contribution in [2.75, 3.05) is 12.3 Å². The minimum absolute atomic E-state index is 0.0295. The molecule has 12 heavy (non-hydrogen) atoms. The lowest BCUT2D eigenvalue weighted by molar-refractivity contribution is -0.119. The monoisotopic (exact) mass is 188 g/mol. The predicted octanol–water partition coefficient (Wildman–Crippen LogP) is 0.903. The molecule has 0 aromatic rings. The van der Waals surface area contributed by atoms with E-state index in [0.29, 0.717) is 25.1 Å². The van der Waals surface area contributed by atoms with Crippen molar-refractivity contribution in [3.63, 3.8) is 0 Å². The van der Waals surface area contributed by atoms with Gasteiger partial charge in [0.2, 0.25) is 0 Å². The van der Waals surface area contributed by atoms with Gasteiger partial charge in [0.25, 0.3) is 0 Å². The molecule has 0 saturated carbocycles. The second-order valence-corrected chi connectivity index (χ2v) is 2.68. The number of rotatable bonds is 6. The molecule has 0 aliphatic rings. The van der Waals surface area contributed by atoms with Crippen LogP contribution in [-0.4, -0.2) is 24.1 Å². The van der Waals surface area contributed by atoms with E-state index < -0.39 is 6.04 Å². The zero-order chi connectivity index (χ0) is 9.40. The van der Waals surface area contributed by atoms with Gasteiger partial charge in [0.05, 0.1) is 6.04 Å². The zero-order valence-electron chi connectivity index (χ0n) is 6.68. The van der Waals surface area contributed by atoms with Crippen LogP contribution in [0.4, 0.5) is 0 Å². The van der Waals surface area contributed by atoms with E-state index in [2.05, 4.69) is 22.7 Å². The molecule has 0 aliphatic carbocycles. The summed E-state index contributed by atoms with van der Waals surface area (Å²) in [5.41, 5.74) is 13.3. The highest BCUT2D eigenvalue weighted by Crippen LogP contribution is 1.96. The maximum atomic E-state index is 11.0. The molecular weight excluding hydrogens is 176 g/mol. The lowest BCUT2D eigenvalue weighted by Gasteiger charge is -2.04. The number of azide groups is 1. The van der Waals surface area contributed by atoms with Crippen LogP contribution in [0.15, 0.2) is 5.11 Å². The Hall–Kier alpha value is -0.710. The lowest BCUT2D eigenvalue weighted by atomic mass is 10.1. The van der Waals surface area contributed by atoms with Crippen molar-refractivity contribution in [2.24, 2.45) is 10.8 Å². The van der Waals surface area contributed by atoms with Crippen molar-refractivity contribution in [3.8, 4) is 0 Å². The Morgan fingerprint density at radius 3 is 2.92 bits per heavy atom. The van der Waals surface area contributed by atoms with Gasteiger partial charge in [-0.3, -0.25) is 4.79 Å². The Morgan fingerprint density at radius 1 is 1.75 bits per heavy atom. The Labute approximate surface area is 76.4 Å². The Balaban J connectivity index is 3.50. The van der Waals surface area contributed by atoms with E-state index in [9.17, 15) is 4.79 Å². The first kappa shape index (κ1) is 11.3. The molecule has 0 saturated heterocycles. The molecular formula is C6H12N4OS. The minimum Gasteiger partial charge on any atom is -0.321 e. The van der Waals surface area contributed by atoms with Gasteiger partial charge in [0.1, 0.15) is 5.78 Å². The topological polar surface area (TPSA) is 91.9 Å². The second kappa shape index (κ2) is 6.97. The van der Waals surface area contributed by atoms with Crippen molar-refractivity contribution in [2.45, 2.75) is 18.9 Å². The molecule has 6 heteroatoms. The number of hydrogen-bond acceptors (Lipinski definition) is 4. The SMILES string of the molecule is [N-]=[N+]=NCCCC(=O)[C@@H](N)CS. The summed E-state index contributed by atoms with van der Waals surface area (Å²) in [5.74, 6) is 0.332. The number of nitrogens with zero attached hydrogens (tertiary/aromatic N) is 3. The van der Waals surface area contributed by atoms with Crippen LogP contribution in [0.2, 0.25) is 0 Å². The molecule has 0 unspecified atom stereocenters. The van der Waals surface area contributed by atoms with Gasteiger partial charge in [0, 0.05) is 23.6 Å². The molecule has 0 amide bonds. The number of thiol groups is 1. The molecule has 1 atom stereocenters. The molecule has 2 N–H and O–H groups in total. The van der Waals surface area contributed by atoms with Crippen LogP contribution in [0.25, 0.3) is 10.4 Å². The van der Waals surface area contributed by atoms with Gasteiger partial charge in [0.15, 0.2) is 0 Å². The lowest BCUT2D eigenvalue weighted by Crippen LogP contribution is -2.32.